The van der Waals surface area contributed by atoms with Gasteiger partial charge in [-0.25, -0.2) is 12.7 Å². The highest BCUT2D eigenvalue weighted by Crippen LogP contribution is 2.29. The third-order valence-corrected chi connectivity index (χ3v) is 5.53. The van der Waals surface area contributed by atoms with Gasteiger partial charge in [-0.15, -0.1) is 0 Å². The molecule has 9 heteroatoms. The first-order valence-corrected chi connectivity index (χ1v) is 9.45. The van der Waals surface area contributed by atoms with Gasteiger partial charge in [0.15, 0.2) is 16.6 Å². The van der Waals surface area contributed by atoms with Gasteiger partial charge in [-0.3, -0.25) is 0 Å². The van der Waals surface area contributed by atoms with Gasteiger partial charge >= 0.3 is 0 Å². The standard InChI is InChI=1S/C17H21N3O4S2/c1-20(2)26(21,22)14-7-5-6-12(10-14)18-17(25)19-13-8-9-15(23-3)16(11-13)24-4/h5-11H,1-4H3,(H2,18,19,25). The van der Waals surface area contributed by atoms with E-state index in [4.69, 9.17) is 21.7 Å². The van der Waals surface area contributed by atoms with Crippen molar-refractivity contribution in [2.24, 2.45) is 0 Å². The van der Waals surface area contributed by atoms with Crippen LogP contribution in [0.4, 0.5) is 11.4 Å². The van der Waals surface area contributed by atoms with Crippen LogP contribution in [0.1, 0.15) is 0 Å². The molecule has 2 N–H and O–H groups in total. The van der Waals surface area contributed by atoms with E-state index in [-0.39, 0.29) is 4.90 Å². The number of anilines is 2. The summed E-state index contributed by atoms with van der Waals surface area (Å²) in [4.78, 5) is 0.182. The molecular formula is C17H21N3O4S2. The summed E-state index contributed by atoms with van der Waals surface area (Å²) in [5.41, 5.74) is 1.27. The van der Waals surface area contributed by atoms with Crippen LogP contribution in [0.15, 0.2) is 47.4 Å². The van der Waals surface area contributed by atoms with Gasteiger partial charge in [0, 0.05) is 31.5 Å². The van der Waals surface area contributed by atoms with Crippen LogP contribution in [0.2, 0.25) is 0 Å². The minimum Gasteiger partial charge on any atom is -0.493 e. The Hall–Kier alpha value is -2.36. The summed E-state index contributed by atoms with van der Waals surface area (Å²) < 4.78 is 36.0. The molecule has 2 aromatic carbocycles. The summed E-state index contributed by atoms with van der Waals surface area (Å²) >= 11 is 5.29. The molecular weight excluding hydrogens is 374 g/mol. The van der Waals surface area contributed by atoms with Crippen LogP contribution in [0.5, 0.6) is 11.5 Å². The van der Waals surface area contributed by atoms with Crippen molar-refractivity contribution in [2.75, 3.05) is 38.9 Å². The van der Waals surface area contributed by atoms with Gasteiger partial charge in [-0.05, 0) is 42.5 Å². The fraction of sp³-hybridized carbons (Fsp3) is 0.235. The Morgan fingerprint density at radius 2 is 1.58 bits per heavy atom. The molecule has 0 atom stereocenters. The zero-order chi connectivity index (χ0) is 19.3. The Morgan fingerprint density at radius 3 is 2.15 bits per heavy atom. The molecule has 0 bridgehead atoms. The van der Waals surface area contributed by atoms with Gasteiger partial charge in [0.05, 0.1) is 19.1 Å². The molecule has 0 unspecified atom stereocenters. The van der Waals surface area contributed by atoms with Gasteiger partial charge in [0.2, 0.25) is 10.0 Å². The van der Waals surface area contributed by atoms with E-state index in [1.54, 1.807) is 44.6 Å². The molecule has 0 heterocycles. The van der Waals surface area contributed by atoms with Crippen LogP contribution < -0.4 is 20.1 Å². The van der Waals surface area contributed by atoms with Crippen molar-refractivity contribution >= 4 is 38.7 Å². The molecule has 0 aromatic heterocycles. The summed E-state index contributed by atoms with van der Waals surface area (Å²) in [6.45, 7) is 0. The predicted octanol–water partition coefficient (Wildman–Crippen LogP) is 2.76. The van der Waals surface area contributed by atoms with Crippen molar-refractivity contribution in [3.8, 4) is 11.5 Å². The van der Waals surface area contributed by atoms with E-state index in [1.807, 2.05) is 0 Å². The number of benzene rings is 2. The molecule has 0 spiro atoms. The summed E-state index contributed by atoms with van der Waals surface area (Å²) in [5, 5.41) is 6.31. The molecule has 140 valence electrons. The van der Waals surface area contributed by atoms with E-state index in [0.717, 1.165) is 4.31 Å². The molecule has 0 fully saturated rings. The van der Waals surface area contributed by atoms with Crippen LogP contribution in [0.3, 0.4) is 0 Å². The van der Waals surface area contributed by atoms with Gasteiger partial charge in [0.1, 0.15) is 0 Å². The van der Waals surface area contributed by atoms with Crippen LogP contribution in [-0.4, -0.2) is 46.2 Å². The summed E-state index contributed by atoms with van der Waals surface area (Å²) in [6.07, 6.45) is 0. The third kappa shape index (κ3) is 4.63. The lowest BCUT2D eigenvalue weighted by Crippen LogP contribution is -2.23. The number of nitrogens with zero attached hydrogens (tertiary/aromatic N) is 1. The van der Waals surface area contributed by atoms with Crippen LogP contribution in [-0.2, 0) is 10.0 Å². The predicted molar refractivity (Wildman–Crippen MR) is 107 cm³/mol. The number of rotatable bonds is 6. The number of methoxy groups -OCH3 is 2. The van der Waals surface area contributed by atoms with Gasteiger partial charge in [-0.1, -0.05) is 6.07 Å². The monoisotopic (exact) mass is 395 g/mol. The number of thiocarbonyl (C=S) groups is 1. The van der Waals surface area contributed by atoms with Crippen molar-refractivity contribution in [3.63, 3.8) is 0 Å². The van der Waals surface area contributed by atoms with E-state index < -0.39 is 10.0 Å². The van der Waals surface area contributed by atoms with Crippen LogP contribution in [0, 0.1) is 0 Å². The number of nitrogens with one attached hydrogen (secondary N) is 2. The highest BCUT2D eigenvalue weighted by molar-refractivity contribution is 7.89. The average molecular weight is 396 g/mol. The highest BCUT2D eigenvalue weighted by Gasteiger charge is 2.17. The largest absolute Gasteiger partial charge is 0.493 e. The molecule has 0 aliphatic rings. The molecule has 0 aliphatic carbocycles. The average Bonchev–Trinajstić information content (AvgIpc) is 2.61. The maximum atomic E-state index is 12.2. The van der Waals surface area contributed by atoms with Gasteiger partial charge in [-0.2, -0.15) is 0 Å². The molecule has 2 aromatic rings. The molecule has 0 amide bonds. The summed E-state index contributed by atoms with van der Waals surface area (Å²) in [7, 11) is 2.57. The lowest BCUT2D eigenvalue weighted by Gasteiger charge is -2.15. The minimum atomic E-state index is -3.51. The third-order valence-electron chi connectivity index (χ3n) is 3.51. The Balaban J connectivity index is 2.14. The number of hydrogen-bond acceptors (Lipinski definition) is 5. The maximum absolute atomic E-state index is 12.2. The summed E-state index contributed by atoms with van der Waals surface area (Å²) in [6, 6.07) is 11.7. The van der Waals surface area contributed by atoms with E-state index in [0.29, 0.717) is 28.0 Å². The number of ether oxygens (including phenoxy) is 2. The first kappa shape index (κ1) is 20.0. The number of sulfonamides is 1. The summed E-state index contributed by atoms with van der Waals surface area (Å²) in [5.74, 6) is 1.18. The fourth-order valence-corrected chi connectivity index (χ4v) is 3.34. The van der Waals surface area contributed by atoms with Gasteiger partial charge in [0.25, 0.3) is 0 Å². The molecule has 0 aliphatic heterocycles. The molecule has 7 nitrogen and oxygen atoms in total. The first-order valence-electron chi connectivity index (χ1n) is 7.60. The van der Waals surface area contributed by atoms with Crippen molar-refractivity contribution in [2.45, 2.75) is 4.90 Å². The Labute approximate surface area is 159 Å². The molecule has 26 heavy (non-hydrogen) atoms. The Kier molecular flexibility index (Phi) is 6.41. The van der Waals surface area contributed by atoms with Crippen molar-refractivity contribution in [1.29, 1.82) is 0 Å². The van der Waals surface area contributed by atoms with Crippen LogP contribution >= 0.6 is 12.2 Å². The zero-order valence-electron chi connectivity index (χ0n) is 14.9. The Bertz CT molecular complexity index is 899. The SMILES string of the molecule is COc1ccc(NC(=S)Nc2cccc(S(=O)(=O)N(C)C)c2)cc1OC. The zero-order valence-corrected chi connectivity index (χ0v) is 16.6. The number of hydrogen-bond donors (Lipinski definition) is 2. The van der Waals surface area contributed by atoms with E-state index in [1.165, 1.54) is 26.2 Å². The topological polar surface area (TPSA) is 79.9 Å². The maximum Gasteiger partial charge on any atom is 0.242 e. The van der Waals surface area contributed by atoms with E-state index in [2.05, 4.69) is 10.6 Å². The van der Waals surface area contributed by atoms with E-state index in [9.17, 15) is 8.42 Å². The second-order valence-corrected chi connectivity index (χ2v) is 8.02. The second-order valence-electron chi connectivity index (χ2n) is 5.46. The fourth-order valence-electron chi connectivity index (χ4n) is 2.15. The quantitative estimate of drug-likeness (QED) is 0.728. The minimum absolute atomic E-state index is 0.182. The first-order chi connectivity index (χ1) is 12.3. The Morgan fingerprint density at radius 1 is 0.962 bits per heavy atom. The molecule has 0 saturated carbocycles. The van der Waals surface area contributed by atoms with Crippen LogP contribution in [0.25, 0.3) is 0 Å². The van der Waals surface area contributed by atoms with Gasteiger partial charge < -0.3 is 20.1 Å². The highest BCUT2D eigenvalue weighted by atomic mass is 32.2. The van der Waals surface area contributed by atoms with E-state index >= 15 is 0 Å². The van der Waals surface area contributed by atoms with Crippen molar-refractivity contribution in [1.82, 2.24) is 4.31 Å². The van der Waals surface area contributed by atoms with Crippen molar-refractivity contribution in [3.05, 3.63) is 42.5 Å². The normalized spacial score (nSPS) is 11.1. The molecule has 0 radical (unpaired) electrons. The second kappa shape index (κ2) is 8.35. The lowest BCUT2D eigenvalue weighted by molar-refractivity contribution is 0.355. The molecule has 2 rings (SSSR count). The molecule has 0 saturated heterocycles. The van der Waals surface area contributed by atoms with Crippen molar-refractivity contribution < 1.29 is 17.9 Å². The lowest BCUT2D eigenvalue weighted by atomic mass is 10.2. The smallest absolute Gasteiger partial charge is 0.242 e.